The number of nitrogens with zero attached hydrogens (tertiary/aromatic N) is 2. The van der Waals surface area contributed by atoms with Gasteiger partial charge in [-0.2, -0.15) is 0 Å². The molecular formula is C21H24FN3O2. The van der Waals surface area contributed by atoms with Crippen molar-refractivity contribution in [2.45, 2.75) is 38.5 Å². The minimum atomic E-state index is -1.03. The summed E-state index contributed by atoms with van der Waals surface area (Å²) in [7, 11) is 1.64. The molecule has 4 rings (SSSR count). The monoisotopic (exact) mass is 369 g/mol. The standard InChI is InChI=1S/C21H24FN3O2/c1-13-15(9-14-3-5-16(27-2)6-4-14)10-17-19(24-13)12-25(21(17)26)20-7-8-23-11-18(20)22/h3-6,10,18,20,23H,7-9,11-12H2,1-2H3. The summed E-state index contributed by atoms with van der Waals surface area (Å²) in [6.07, 6.45) is 0.304. The third kappa shape index (κ3) is 3.41. The van der Waals surface area contributed by atoms with Crippen LogP contribution in [0.5, 0.6) is 5.75 Å². The number of carbonyl (C=O) groups is 1. The van der Waals surface area contributed by atoms with Gasteiger partial charge in [0, 0.05) is 12.2 Å². The molecule has 1 saturated heterocycles. The number of pyridine rings is 1. The molecule has 0 aliphatic carbocycles. The SMILES string of the molecule is COc1ccc(Cc2cc3c(nc2C)CN(C2CCNCC2F)C3=O)cc1. The van der Waals surface area contributed by atoms with E-state index in [2.05, 4.69) is 10.3 Å². The molecule has 0 saturated carbocycles. The molecule has 6 heteroatoms. The number of ether oxygens (including phenoxy) is 1. The molecule has 1 aromatic carbocycles. The van der Waals surface area contributed by atoms with Gasteiger partial charge in [-0.3, -0.25) is 9.78 Å². The number of aromatic nitrogens is 1. The number of fused-ring (bicyclic) bond motifs is 1. The molecular weight excluding hydrogens is 345 g/mol. The van der Waals surface area contributed by atoms with Crippen molar-refractivity contribution in [2.24, 2.45) is 0 Å². The van der Waals surface area contributed by atoms with Crippen LogP contribution < -0.4 is 10.1 Å². The second kappa shape index (κ2) is 7.27. The maximum atomic E-state index is 14.3. The number of rotatable bonds is 4. The van der Waals surface area contributed by atoms with Crippen LogP contribution in [0.3, 0.4) is 0 Å². The van der Waals surface area contributed by atoms with Gasteiger partial charge < -0.3 is 15.0 Å². The highest BCUT2D eigenvalue weighted by Gasteiger charge is 2.39. The smallest absolute Gasteiger partial charge is 0.256 e. The Morgan fingerprint density at radius 2 is 2.11 bits per heavy atom. The van der Waals surface area contributed by atoms with Crippen LogP contribution in [0.25, 0.3) is 0 Å². The number of nitrogens with one attached hydrogen (secondary N) is 1. The minimum Gasteiger partial charge on any atom is -0.497 e. The summed E-state index contributed by atoms with van der Waals surface area (Å²) in [6.45, 7) is 3.41. The van der Waals surface area contributed by atoms with Crippen molar-refractivity contribution >= 4 is 5.91 Å². The van der Waals surface area contributed by atoms with E-state index < -0.39 is 6.17 Å². The highest BCUT2D eigenvalue weighted by Crippen LogP contribution is 2.29. The molecule has 2 atom stereocenters. The van der Waals surface area contributed by atoms with Crippen LogP contribution in [0.1, 0.15) is 39.3 Å². The summed E-state index contributed by atoms with van der Waals surface area (Å²) in [5, 5.41) is 3.04. The number of aryl methyl sites for hydroxylation is 1. The van der Waals surface area contributed by atoms with Gasteiger partial charge in [-0.1, -0.05) is 12.1 Å². The average Bonchev–Trinajstić information content (AvgIpc) is 2.98. The highest BCUT2D eigenvalue weighted by atomic mass is 19.1. The number of piperidine rings is 1. The second-order valence-electron chi connectivity index (χ2n) is 7.26. The average molecular weight is 369 g/mol. The number of halogens is 1. The van der Waals surface area contributed by atoms with Crippen molar-refractivity contribution in [1.82, 2.24) is 15.2 Å². The van der Waals surface area contributed by atoms with Gasteiger partial charge in [-0.05, 0) is 55.6 Å². The first-order valence-electron chi connectivity index (χ1n) is 9.35. The molecule has 3 heterocycles. The molecule has 2 aromatic rings. The molecule has 5 nitrogen and oxygen atoms in total. The zero-order valence-corrected chi connectivity index (χ0v) is 15.7. The van der Waals surface area contributed by atoms with Crippen LogP contribution in [0, 0.1) is 6.92 Å². The van der Waals surface area contributed by atoms with Gasteiger partial charge in [-0.15, -0.1) is 0 Å². The molecule has 2 aliphatic rings. The zero-order valence-electron chi connectivity index (χ0n) is 15.7. The molecule has 2 aliphatic heterocycles. The molecule has 1 aromatic heterocycles. The van der Waals surface area contributed by atoms with Crippen molar-refractivity contribution in [3.8, 4) is 5.75 Å². The molecule has 0 radical (unpaired) electrons. The summed E-state index contributed by atoms with van der Waals surface area (Å²) in [5.41, 5.74) is 4.46. The number of hydrogen-bond acceptors (Lipinski definition) is 4. The van der Waals surface area contributed by atoms with E-state index in [0.717, 1.165) is 34.8 Å². The fourth-order valence-electron chi connectivity index (χ4n) is 3.96. The number of carbonyl (C=O) groups excluding carboxylic acids is 1. The van der Waals surface area contributed by atoms with E-state index in [-0.39, 0.29) is 11.9 Å². The largest absolute Gasteiger partial charge is 0.497 e. The Balaban J connectivity index is 1.57. The van der Waals surface area contributed by atoms with Gasteiger partial charge >= 0.3 is 0 Å². The van der Waals surface area contributed by atoms with E-state index in [1.807, 2.05) is 37.3 Å². The maximum Gasteiger partial charge on any atom is 0.256 e. The van der Waals surface area contributed by atoms with Crippen molar-refractivity contribution in [3.05, 3.63) is 58.4 Å². The number of hydrogen-bond donors (Lipinski definition) is 1. The third-order valence-electron chi connectivity index (χ3n) is 5.54. The molecule has 1 amide bonds. The lowest BCUT2D eigenvalue weighted by Gasteiger charge is -2.33. The predicted octanol–water partition coefficient (Wildman–Crippen LogP) is 2.65. The van der Waals surface area contributed by atoms with Gasteiger partial charge in [0.1, 0.15) is 11.9 Å². The normalized spacial score (nSPS) is 22.0. The first kappa shape index (κ1) is 17.9. The Morgan fingerprint density at radius 1 is 1.33 bits per heavy atom. The van der Waals surface area contributed by atoms with E-state index in [1.54, 1.807) is 12.0 Å². The first-order chi connectivity index (χ1) is 13.1. The second-order valence-corrected chi connectivity index (χ2v) is 7.26. The number of alkyl halides is 1. The van der Waals surface area contributed by atoms with Gasteiger partial charge in [0.25, 0.3) is 5.91 Å². The zero-order chi connectivity index (χ0) is 19.0. The molecule has 0 spiro atoms. The van der Waals surface area contributed by atoms with E-state index in [9.17, 15) is 9.18 Å². The molecule has 0 bridgehead atoms. The van der Waals surface area contributed by atoms with Crippen molar-refractivity contribution in [2.75, 3.05) is 20.2 Å². The number of benzene rings is 1. The van der Waals surface area contributed by atoms with Crippen molar-refractivity contribution in [3.63, 3.8) is 0 Å². The Morgan fingerprint density at radius 3 is 2.81 bits per heavy atom. The van der Waals surface area contributed by atoms with E-state index >= 15 is 0 Å². The predicted molar refractivity (Wildman–Crippen MR) is 101 cm³/mol. The van der Waals surface area contributed by atoms with Gasteiger partial charge in [0.15, 0.2) is 0 Å². The van der Waals surface area contributed by atoms with Crippen LogP contribution in [0.2, 0.25) is 0 Å². The van der Waals surface area contributed by atoms with Crippen LogP contribution >= 0.6 is 0 Å². The third-order valence-corrected chi connectivity index (χ3v) is 5.54. The molecule has 1 fully saturated rings. The van der Waals surface area contributed by atoms with E-state index in [4.69, 9.17) is 4.74 Å². The van der Waals surface area contributed by atoms with Crippen LogP contribution in [-0.4, -0.2) is 48.2 Å². The first-order valence-corrected chi connectivity index (χ1v) is 9.35. The quantitative estimate of drug-likeness (QED) is 0.900. The summed E-state index contributed by atoms with van der Waals surface area (Å²) in [5.74, 6) is 0.721. The lowest BCUT2D eigenvalue weighted by atomic mass is 10.0. The molecule has 1 N–H and O–H groups in total. The van der Waals surface area contributed by atoms with Crippen LogP contribution in [0.4, 0.5) is 4.39 Å². The summed E-state index contributed by atoms with van der Waals surface area (Å²) in [6, 6.07) is 9.47. The Labute approximate surface area is 158 Å². The summed E-state index contributed by atoms with van der Waals surface area (Å²) >= 11 is 0. The number of amides is 1. The fourth-order valence-corrected chi connectivity index (χ4v) is 3.96. The fraction of sp³-hybridized carbons (Fsp3) is 0.429. The van der Waals surface area contributed by atoms with Gasteiger partial charge in [-0.25, -0.2) is 4.39 Å². The van der Waals surface area contributed by atoms with Crippen molar-refractivity contribution < 1.29 is 13.9 Å². The van der Waals surface area contributed by atoms with Gasteiger partial charge in [0.2, 0.25) is 0 Å². The van der Waals surface area contributed by atoms with Gasteiger partial charge in [0.05, 0.1) is 31.0 Å². The van der Waals surface area contributed by atoms with Crippen LogP contribution in [0.15, 0.2) is 30.3 Å². The topological polar surface area (TPSA) is 54.5 Å². The highest BCUT2D eigenvalue weighted by molar-refractivity contribution is 5.98. The molecule has 142 valence electrons. The molecule has 2 unspecified atom stereocenters. The summed E-state index contributed by atoms with van der Waals surface area (Å²) in [4.78, 5) is 19.3. The van der Waals surface area contributed by atoms with Crippen molar-refractivity contribution in [1.29, 1.82) is 0 Å². The lowest BCUT2D eigenvalue weighted by Crippen LogP contribution is -2.51. The number of methoxy groups -OCH3 is 1. The maximum absolute atomic E-state index is 14.3. The Kier molecular flexibility index (Phi) is 4.83. The molecule has 27 heavy (non-hydrogen) atoms. The Bertz CT molecular complexity index is 853. The van der Waals surface area contributed by atoms with E-state index in [1.165, 1.54) is 0 Å². The lowest BCUT2D eigenvalue weighted by molar-refractivity contribution is 0.0512. The minimum absolute atomic E-state index is 0.0944. The van der Waals surface area contributed by atoms with E-state index in [0.29, 0.717) is 31.5 Å². The summed E-state index contributed by atoms with van der Waals surface area (Å²) < 4.78 is 19.5. The Hall–Kier alpha value is -2.47. The van der Waals surface area contributed by atoms with Crippen LogP contribution in [-0.2, 0) is 13.0 Å².